The Balaban J connectivity index is 2.11. The maximum absolute atomic E-state index is 13.5. The van der Waals surface area contributed by atoms with Crippen LogP contribution in [0.15, 0.2) is 34.8 Å². The van der Waals surface area contributed by atoms with Crippen molar-refractivity contribution in [2.45, 2.75) is 13.5 Å². The van der Waals surface area contributed by atoms with Crippen molar-refractivity contribution in [1.82, 2.24) is 0 Å². The van der Waals surface area contributed by atoms with E-state index in [9.17, 15) is 13.6 Å². The molecular formula is C15H12BrF2NO2. The SMILES string of the molecule is Cc1c(N)cc(C(=O)OCc2cc(F)cc(Br)c2)cc1F. The Morgan fingerprint density at radius 3 is 2.57 bits per heavy atom. The number of hydrogen-bond donors (Lipinski definition) is 1. The van der Waals surface area contributed by atoms with Crippen LogP contribution in [0.5, 0.6) is 0 Å². The van der Waals surface area contributed by atoms with E-state index >= 15 is 0 Å². The predicted octanol–water partition coefficient (Wildman–Crippen LogP) is 3.97. The zero-order valence-electron chi connectivity index (χ0n) is 11.1. The molecular weight excluding hydrogens is 344 g/mol. The average Bonchev–Trinajstić information content (AvgIpc) is 2.40. The van der Waals surface area contributed by atoms with Gasteiger partial charge in [-0.3, -0.25) is 0 Å². The molecule has 2 N–H and O–H groups in total. The van der Waals surface area contributed by atoms with Gasteiger partial charge in [0.15, 0.2) is 0 Å². The zero-order valence-corrected chi connectivity index (χ0v) is 12.7. The van der Waals surface area contributed by atoms with Gasteiger partial charge in [-0.25, -0.2) is 13.6 Å². The van der Waals surface area contributed by atoms with E-state index in [1.807, 2.05) is 0 Å². The molecule has 2 aromatic carbocycles. The maximum atomic E-state index is 13.5. The van der Waals surface area contributed by atoms with Crippen molar-refractivity contribution in [3.63, 3.8) is 0 Å². The van der Waals surface area contributed by atoms with Crippen LogP contribution < -0.4 is 5.73 Å². The molecule has 0 heterocycles. The largest absolute Gasteiger partial charge is 0.457 e. The Kier molecular flexibility index (Phi) is 4.57. The van der Waals surface area contributed by atoms with Crippen LogP contribution in [0, 0.1) is 18.6 Å². The van der Waals surface area contributed by atoms with Gasteiger partial charge in [-0.15, -0.1) is 0 Å². The lowest BCUT2D eigenvalue weighted by Gasteiger charge is -2.08. The van der Waals surface area contributed by atoms with Crippen LogP contribution >= 0.6 is 15.9 Å². The van der Waals surface area contributed by atoms with E-state index in [-0.39, 0.29) is 23.4 Å². The van der Waals surface area contributed by atoms with Crippen molar-refractivity contribution >= 4 is 27.6 Å². The number of halogens is 3. The first-order chi connectivity index (χ1) is 9.86. The third-order valence-corrected chi connectivity index (χ3v) is 3.37. The number of carbonyl (C=O) groups excluding carboxylic acids is 1. The molecule has 0 atom stereocenters. The molecule has 0 amide bonds. The van der Waals surface area contributed by atoms with Gasteiger partial charge in [0.25, 0.3) is 0 Å². The fraction of sp³-hybridized carbons (Fsp3) is 0.133. The first-order valence-corrected chi connectivity index (χ1v) is 6.84. The summed E-state index contributed by atoms with van der Waals surface area (Å²) in [6.07, 6.45) is 0. The monoisotopic (exact) mass is 355 g/mol. The summed E-state index contributed by atoms with van der Waals surface area (Å²) >= 11 is 3.15. The normalized spacial score (nSPS) is 10.5. The van der Waals surface area contributed by atoms with Crippen molar-refractivity contribution in [3.05, 3.63) is 63.1 Å². The van der Waals surface area contributed by atoms with Gasteiger partial charge in [0.05, 0.1) is 5.56 Å². The molecule has 0 saturated heterocycles. The third kappa shape index (κ3) is 3.78. The van der Waals surface area contributed by atoms with Crippen molar-refractivity contribution < 1.29 is 18.3 Å². The predicted molar refractivity (Wildman–Crippen MR) is 78.8 cm³/mol. The first kappa shape index (κ1) is 15.4. The molecule has 0 radical (unpaired) electrons. The van der Waals surface area contributed by atoms with E-state index in [1.165, 1.54) is 25.1 Å². The Morgan fingerprint density at radius 2 is 1.95 bits per heavy atom. The lowest BCUT2D eigenvalue weighted by Crippen LogP contribution is -2.07. The molecule has 0 aliphatic heterocycles. The second kappa shape index (κ2) is 6.22. The lowest BCUT2D eigenvalue weighted by molar-refractivity contribution is 0.0471. The van der Waals surface area contributed by atoms with E-state index in [2.05, 4.69) is 15.9 Å². The van der Waals surface area contributed by atoms with E-state index < -0.39 is 17.6 Å². The number of anilines is 1. The molecule has 0 spiro atoms. The number of nitrogen functional groups attached to an aromatic ring is 1. The summed E-state index contributed by atoms with van der Waals surface area (Å²) in [4.78, 5) is 11.9. The number of esters is 1. The van der Waals surface area contributed by atoms with Gasteiger partial charge in [-0.2, -0.15) is 0 Å². The van der Waals surface area contributed by atoms with Crippen LogP contribution in [0.3, 0.4) is 0 Å². The highest BCUT2D eigenvalue weighted by Crippen LogP contribution is 2.19. The Hall–Kier alpha value is -1.95. The van der Waals surface area contributed by atoms with Crippen LogP contribution in [0.2, 0.25) is 0 Å². The first-order valence-electron chi connectivity index (χ1n) is 6.04. The van der Waals surface area contributed by atoms with Crippen LogP contribution in [0.1, 0.15) is 21.5 Å². The van der Waals surface area contributed by atoms with Crippen LogP contribution in [0.4, 0.5) is 14.5 Å². The van der Waals surface area contributed by atoms with Gasteiger partial charge < -0.3 is 10.5 Å². The Morgan fingerprint density at radius 1 is 1.24 bits per heavy atom. The summed E-state index contributed by atoms with van der Waals surface area (Å²) in [5.41, 5.74) is 6.56. The Bertz CT molecular complexity index is 661. The molecule has 2 aromatic rings. The minimum atomic E-state index is -0.721. The zero-order chi connectivity index (χ0) is 15.6. The molecule has 21 heavy (non-hydrogen) atoms. The molecule has 2 rings (SSSR count). The molecule has 0 unspecified atom stereocenters. The highest BCUT2D eigenvalue weighted by Gasteiger charge is 2.13. The molecule has 0 aliphatic rings. The number of carbonyl (C=O) groups is 1. The molecule has 110 valence electrons. The topological polar surface area (TPSA) is 52.3 Å². The Labute approximate surface area is 128 Å². The van der Waals surface area contributed by atoms with E-state index in [0.717, 1.165) is 6.07 Å². The second-order valence-corrected chi connectivity index (χ2v) is 5.44. The molecule has 0 aromatic heterocycles. The average molecular weight is 356 g/mol. The van der Waals surface area contributed by atoms with E-state index in [1.54, 1.807) is 6.07 Å². The van der Waals surface area contributed by atoms with E-state index in [0.29, 0.717) is 10.0 Å². The van der Waals surface area contributed by atoms with Crippen molar-refractivity contribution in [3.8, 4) is 0 Å². The van der Waals surface area contributed by atoms with Crippen molar-refractivity contribution in [2.24, 2.45) is 0 Å². The van der Waals surface area contributed by atoms with Crippen LogP contribution in [-0.4, -0.2) is 5.97 Å². The summed E-state index contributed by atoms with van der Waals surface area (Å²) in [7, 11) is 0. The van der Waals surface area contributed by atoms with Crippen LogP contribution in [0.25, 0.3) is 0 Å². The van der Waals surface area contributed by atoms with Gasteiger partial charge in [0, 0.05) is 15.7 Å². The number of rotatable bonds is 3. The third-order valence-electron chi connectivity index (χ3n) is 2.91. The number of nitrogens with two attached hydrogens (primary N) is 1. The fourth-order valence-electron chi connectivity index (χ4n) is 1.74. The summed E-state index contributed by atoms with van der Waals surface area (Å²) < 4.78 is 32.3. The maximum Gasteiger partial charge on any atom is 0.338 e. The molecule has 0 bridgehead atoms. The van der Waals surface area contributed by atoms with E-state index in [4.69, 9.17) is 10.5 Å². The highest BCUT2D eigenvalue weighted by atomic mass is 79.9. The molecule has 0 aliphatic carbocycles. The highest BCUT2D eigenvalue weighted by molar-refractivity contribution is 9.10. The minimum absolute atomic E-state index is 0.0195. The second-order valence-electron chi connectivity index (χ2n) is 4.53. The summed E-state index contributed by atoms with van der Waals surface area (Å²) in [5.74, 6) is -1.74. The molecule has 0 saturated carbocycles. The molecule has 3 nitrogen and oxygen atoms in total. The summed E-state index contributed by atoms with van der Waals surface area (Å²) in [5, 5.41) is 0. The van der Waals surface area contributed by atoms with Gasteiger partial charge in [-0.05, 0) is 42.8 Å². The lowest BCUT2D eigenvalue weighted by atomic mass is 10.1. The van der Waals surface area contributed by atoms with Crippen molar-refractivity contribution in [1.29, 1.82) is 0 Å². The fourth-order valence-corrected chi connectivity index (χ4v) is 2.26. The minimum Gasteiger partial charge on any atom is -0.457 e. The number of benzene rings is 2. The molecule has 6 heteroatoms. The molecule has 0 fully saturated rings. The quantitative estimate of drug-likeness (QED) is 0.669. The van der Waals surface area contributed by atoms with Gasteiger partial charge in [0.2, 0.25) is 0 Å². The van der Waals surface area contributed by atoms with Crippen molar-refractivity contribution in [2.75, 3.05) is 5.73 Å². The van der Waals surface area contributed by atoms with Gasteiger partial charge in [0.1, 0.15) is 18.2 Å². The summed E-state index contributed by atoms with van der Waals surface area (Å²) in [6, 6.07) is 6.59. The standard InChI is InChI=1S/C15H12BrF2NO2/c1-8-13(18)4-10(5-14(8)19)15(20)21-7-9-2-11(16)6-12(17)3-9/h2-6H,7,19H2,1H3. The van der Waals surface area contributed by atoms with Gasteiger partial charge >= 0.3 is 5.97 Å². The van der Waals surface area contributed by atoms with Gasteiger partial charge in [-0.1, -0.05) is 15.9 Å². The van der Waals surface area contributed by atoms with Crippen LogP contribution in [-0.2, 0) is 11.3 Å². The number of hydrogen-bond acceptors (Lipinski definition) is 3. The smallest absolute Gasteiger partial charge is 0.338 e. The summed E-state index contributed by atoms with van der Waals surface area (Å²) in [6.45, 7) is 1.40. The number of ether oxygens (including phenoxy) is 1.